The summed E-state index contributed by atoms with van der Waals surface area (Å²) in [6.45, 7) is 0.226. The highest BCUT2D eigenvalue weighted by Gasteiger charge is 2.28. The minimum Gasteiger partial charge on any atom is -0.755 e. The van der Waals surface area contributed by atoms with Gasteiger partial charge in [0.05, 0.1) is 44.3 Å². The van der Waals surface area contributed by atoms with E-state index in [1.54, 1.807) is 18.2 Å². The normalized spacial score (nSPS) is 12.3. The lowest BCUT2D eigenvalue weighted by Gasteiger charge is -2.27. The molecule has 1 aromatic heterocycles. The third kappa shape index (κ3) is 8.49. The Bertz CT molecular complexity index is 1860. The SMILES string of the molecule is O=C(NC(Cc1ccc(Cl)c(Cl)c1)C(=O)NCc1ccccc1)c1ccc(Cl)cc1N(c1nsnc1Cc1ccccc1)S(=O)[O-]. The fraction of sp³-hybridized carbons (Fsp3) is 0.125. The van der Waals surface area contributed by atoms with E-state index < -0.39 is 29.1 Å². The van der Waals surface area contributed by atoms with E-state index in [-0.39, 0.29) is 35.1 Å². The maximum Gasteiger partial charge on any atom is 0.254 e. The van der Waals surface area contributed by atoms with Crippen LogP contribution < -0.4 is 14.9 Å². The summed E-state index contributed by atoms with van der Waals surface area (Å²) >= 11 is 16.5. The van der Waals surface area contributed by atoms with Crippen LogP contribution >= 0.6 is 46.5 Å². The van der Waals surface area contributed by atoms with E-state index in [4.69, 9.17) is 34.8 Å². The number of amides is 2. The molecule has 0 saturated carbocycles. The van der Waals surface area contributed by atoms with Crippen molar-refractivity contribution in [2.75, 3.05) is 4.31 Å². The first-order valence-corrected chi connectivity index (χ1v) is 16.7. The van der Waals surface area contributed by atoms with Gasteiger partial charge in [-0.3, -0.25) is 18.1 Å². The lowest BCUT2D eigenvalue weighted by Crippen LogP contribution is -2.48. The molecule has 46 heavy (non-hydrogen) atoms. The van der Waals surface area contributed by atoms with Crippen LogP contribution in [-0.2, 0) is 35.4 Å². The first-order chi connectivity index (χ1) is 22.2. The molecule has 236 valence electrons. The molecule has 9 nitrogen and oxygen atoms in total. The Morgan fingerprint density at radius 1 is 0.848 bits per heavy atom. The molecule has 5 rings (SSSR count). The van der Waals surface area contributed by atoms with E-state index >= 15 is 0 Å². The van der Waals surface area contributed by atoms with Crippen molar-refractivity contribution in [3.05, 3.63) is 140 Å². The fourth-order valence-electron chi connectivity index (χ4n) is 4.64. The van der Waals surface area contributed by atoms with Crippen molar-refractivity contribution in [1.29, 1.82) is 0 Å². The van der Waals surface area contributed by atoms with Gasteiger partial charge in [0.1, 0.15) is 11.7 Å². The van der Waals surface area contributed by atoms with Crippen LogP contribution in [0.2, 0.25) is 15.1 Å². The van der Waals surface area contributed by atoms with Crippen molar-refractivity contribution in [3.63, 3.8) is 0 Å². The van der Waals surface area contributed by atoms with Gasteiger partial charge in [-0.15, -0.1) is 0 Å². The molecule has 0 saturated heterocycles. The molecule has 2 amide bonds. The molecule has 0 aliphatic carbocycles. The van der Waals surface area contributed by atoms with Crippen LogP contribution in [0.15, 0.2) is 97.1 Å². The maximum absolute atomic E-state index is 13.9. The number of rotatable bonds is 12. The van der Waals surface area contributed by atoms with Crippen molar-refractivity contribution in [1.82, 2.24) is 19.4 Å². The van der Waals surface area contributed by atoms with Gasteiger partial charge in [-0.05, 0) is 47.0 Å². The van der Waals surface area contributed by atoms with E-state index in [0.717, 1.165) is 27.2 Å². The van der Waals surface area contributed by atoms with Gasteiger partial charge in [0.25, 0.3) is 5.91 Å². The molecule has 14 heteroatoms. The molecule has 0 aliphatic heterocycles. The molecule has 0 radical (unpaired) electrons. The first kappa shape index (κ1) is 33.5. The number of nitrogens with zero attached hydrogens (tertiary/aromatic N) is 3. The Morgan fingerprint density at radius 3 is 2.22 bits per heavy atom. The smallest absolute Gasteiger partial charge is 0.254 e. The second-order valence-corrected chi connectivity index (χ2v) is 12.6. The van der Waals surface area contributed by atoms with Crippen molar-refractivity contribution in [2.24, 2.45) is 0 Å². The molecule has 0 aliphatic rings. The van der Waals surface area contributed by atoms with Gasteiger partial charge >= 0.3 is 0 Å². The quantitative estimate of drug-likeness (QED) is 0.139. The minimum absolute atomic E-state index is 0.0338. The lowest BCUT2D eigenvalue weighted by molar-refractivity contribution is -0.123. The predicted octanol–water partition coefficient (Wildman–Crippen LogP) is 6.68. The monoisotopic (exact) mass is 712 g/mol. The summed E-state index contributed by atoms with van der Waals surface area (Å²) in [5.41, 5.74) is 2.69. The zero-order chi connectivity index (χ0) is 32.6. The summed E-state index contributed by atoms with van der Waals surface area (Å²) in [5, 5.41) is 6.46. The Kier molecular flexibility index (Phi) is 11.4. The average molecular weight is 714 g/mol. The van der Waals surface area contributed by atoms with Crippen LogP contribution in [0.25, 0.3) is 0 Å². The number of hydrogen-bond acceptors (Lipinski definition) is 7. The summed E-state index contributed by atoms with van der Waals surface area (Å²) in [6.07, 6.45) is 0.371. The van der Waals surface area contributed by atoms with Crippen LogP contribution in [0, 0.1) is 0 Å². The highest BCUT2D eigenvalue weighted by molar-refractivity contribution is 7.81. The van der Waals surface area contributed by atoms with E-state index in [9.17, 15) is 18.4 Å². The Morgan fingerprint density at radius 2 is 1.54 bits per heavy atom. The van der Waals surface area contributed by atoms with Gasteiger partial charge in [-0.25, -0.2) is 0 Å². The second-order valence-electron chi connectivity index (χ2n) is 10.1. The Hall–Kier alpha value is -3.84. The van der Waals surface area contributed by atoms with Crippen molar-refractivity contribution in [2.45, 2.75) is 25.4 Å². The Balaban J connectivity index is 1.46. The predicted molar refractivity (Wildman–Crippen MR) is 181 cm³/mol. The summed E-state index contributed by atoms with van der Waals surface area (Å²) in [5.74, 6) is -1.14. The Labute approximate surface area is 287 Å². The third-order valence-electron chi connectivity index (χ3n) is 6.87. The first-order valence-electron chi connectivity index (χ1n) is 13.8. The topological polar surface area (TPSA) is 127 Å². The van der Waals surface area contributed by atoms with Crippen LogP contribution in [-0.4, -0.2) is 35.4 Å². The third-order valence-corrected chi connectivity index (χ3v) is 9.07. The molecule has 4 aromatic carbocycles. The number of halogens is 3. The molecule has 2 N–H and O–H groups in total. The number of anilines is 2. The molecular formula is C32H25Cl3N5O4S2-. The van der Waals surface area contributed by atoms with Gasteiger partial charge in [-0.2, -0.15) is 8.75 Å². The zero-order valence-corrected chi connectivity index (χ0v) is 27.8. The molecule has 2 unspecified atom stereocenters. The molecule has 0 spiro atoms. The highest BCUT2D eigenvalue weighted by Crippen LogP contribution is 2.34. The molecule has 2 atom stereocenters. The average Bonchev–Trinajstić information content (AvgIpc) is 3.49. The van der Waals surface area contributed by atoms with Crippen LogP contribution in [0.1, 0.15) is 32.7 Å². The number of aromatic nitrogens is 2. The summed E-state index contributed by atoms with van der Waals surface area (Å²) in [6, 6.07) is 26.7. The van der Waals surface area contributed by atoms with E-state index in [1.807, 2.05) is 60.7 Å². The maximum atomic E-state index is 13.9. The van der Waals surface area contributed by atoms with E-state index in [0.29, 0.717) is 27.7 Å². The van der Waals surface area contributed by atoms with Crippen molar-refractivity contribution < 1.29 is 18.4 Å². The van der Waals surface area contributed by atoms with Gasteiger partial charge in [-0.1, -0.05) is 102 Å². The summed E-state index contributed by atoms with van der Waals surface area (Å²) in [7, 11) is 0. The number of hydrogen-bond donors (Lipinski definition) is 2. The van der Waals surface area contributed by atoms with Gasteiger partial charge in [0, 0.05) is 24.4 Å². The number of carbonyl (C=O) groups is 2. The standard InChI is InChI=1S/C32H26Cl3N5O4S2/c33-23-12-13-24(29(18-23)40(46(43)44)30-27(38-45-39-30)16-20-7-3-1-4-8-20)31(41)37-28(17-22-11-14-25(34)26(35)15-22)32(42)36-19-21-9-5-2-6-10-21/h1-15,18,28H,16-17,19H2,(H,36,42)(H,37,41)(H,43,44)/p-1. The number of carbonyl (C=O) groups excluding carboxylic acids is 2. The number of nitrogens with one attached hydrogen (secondary N) is 2. The van der Waals surface area contributed by atoms with E-state index in [2.05, 4.69) is 19.4 Å². The highest BCUT2D eigenvalue weighted by atomic mass is 35.5. The van der Waals surface area contributed by atoms with Gasteiger partial charge < -0.3 is 15.2 Å². The van der Waals surface area contributed by atoms with Crippen LogP contribution in [0.4, 0.5) is 11.5 Å². The van der Waals surface area contributed by atoms with Crippen LogP contribution in [0.5, 0.6) is 0 Å². The van der Waals surface area contributed by atoms with Crippen molar-refractivity contribution >= 4 is 81.1 Å². The van der Waals surface area contributed by atoms with Crippen molar-refractivity contribution in [3.8, 4) is 0 Å². The lowest BCUT2D eigenvalue weighted by atomic mass is 10.0. The number of benzene rings is 4. The zero-order valence-electron chi connectivity index (χ0n) is 23.9. The van der Waals surface area contributed by atoms with Gasteiger partial charge in [0.15, 0.2) is 5.82 Å². The molecule has 0 bridgehead atoms. The largest absolute Gasteiger partial charge is 0.755 e. The molecule has 1 heterocycles. The van der Waals surface area contributed by atoms with Gasteiger partial charge in [0.2, 0.25) is 5.91 Å². The fourth-order valence-corrected chi connectivity index (χ4v) is 6.33. The summed E-state index contributed by atoms with van der Waals surface area (Å²) in [4.78, 5) is 27.4. The molecular weight excluding hydrogens is 689 g/mol. The minimum atomic E-state index is -2.93. The summed E-state index contributed by atoms with van der Waals surface area (Å²) < 4.78 is 34.9. The molecule has 5 aromatic rings. The molecule has 0 fully saturated rings. The second kappa shape index (κ2) is 15.6. The van der Waals surface area contributed by atoms with Crippen LogP contribution in [0.3, 0.4) is 0 Å². The van der Waals surface area contributed by atoms with E-state index in [1.165, 1.54) is 18.2 Å².